The molecular formula is C10H20N2O3. The second-order valence-corrected chi connectivity index (χ2v) is 4.29. The van der Waals surface area contributed by atoms with Crippen LogP contribution < -0.4 is 10.6 Å². The number of amides is 2. The fourth-order valence-electron chi connectivity index (χ4n) is 0.900. The van der Waals surface area contributed by atoms with Crippen molar-refractivity contribution in [3.05, 3.63) is 0 Å². The highest BCUT2D eigenvalue weighted by Gasteiger charge is 2.22. The Bertz CT molecular complexity index is 231. The van der Waals surface area contributed by atoms with Gasteiger partial charge in [0, 0.05) is 19.0 Å². The summed E-state index contributed by atoms with van der Waals surface area (Å²) in [7, 11) is 0. The summed E-state index contributed by atoms with van der Waals surface area (Å²) in [4.78, 5) is 22.3. The molecule has 0 aromatic rings. The summed E-state index contributed by atoms with van der Waals surface area (Å²) in [5, 5.41) is 14.5. The lowest BCUT2D eigenvalue weighted by atomic mass is 10.1. The van der Waals surface area contributed by atoms with Crippen LogP contribution in [0.1, 0.15) is 34.1 Å². The van der Waals surface area contributed by atoms with Crippen molar-refractivity contribution in [3.63, 3.8) is 0 Å². The van der Waals surface area contributed by atoms with E-state index in [2.05, 4.69) is 10.6 Å². The van der Waals surface area contributed by atoms with Crippen molar-refractivity contribution < 1.29 is 14.7 Å². The molecule has 0 atom stereocenters. The molecule has 0 fully saturated rings. The smallest absolute Gasteiger partial charge is 0.251 e. The predicted molar refractivity (Wildman–Crippen MR) is 57.2 cm³/mol. The van der Waals surface area contributed by atoms with Crippen LogP contribution >= 0.6 is 0 Å². The topological polar surface area (TPSA) is 78.4 Å². The summed E-state index contributed by atoms with van der Waals surface area (Å²) >= 11 is 0. The fourth-order valence-corrected chi connectivity index (χ4v) is 0.900. The van der Waals surface area contributed by atoms with E-state index in [1.165, 1.54) is 13.8 Å². The van der Waals surface area contributed by atoms with E-state index >= 15 is 0 Å². The lowest BCUT2D eigenvalue weighted by Crippen LogP contribution is -2.43. The van der Waals surface area contributed by atoms with Gasteiger partial charge in [-0.15, -0.1) is 0 Å². The van der Waals surface area contributed by atoms with E-state index in [1.807, 2.05) is 13.8 Å². The van der Waals surface area contributed by atoms with E-state index in [1.54, 1.807) is 0 Å². The quantitative estimate of drug-likeness (QED) is 0.595. The maximum Gasteiger partial charge on any atom is 0.251 e. The predicted octanol–water partition coefficient (Wildman–Crippen LogP) is -0.212. The molecule has 0 unspecified atom stereocenters. The van der Waals surface area contributed by atoms with E-state index in [4.69, 9.17) is 0 Å². The average molecular weight is 216 g/mol. The number of hydrogen-bond acceptors (Lipinski definition) is 3. The number of hydrogen-bond donors (Lipinski definition) is 3. The molecule has 5 nitrogen and oxygen atoms in total. The van der Waals surface area contributed by atoms with Crippen LogP contribution in [0.25, 0.3) is 0 Å². The average Bonchev–Trinajstić information content (AvgIpc) is 2.00. The molecule has 15 heavy (non-hydrogen) atoms. The maximum atomic E-state index is 11.2. The zero-order valence-corrected chi connectivity index (χ0v) is 9.76. The van der Waals surface area contributed by atoms with Crippen LogP contribution in [0.5, 0.6) is 0 Å². The maximum absolute atomic E-state index is 11.2. The number of aliphatic hydroxyl groups is 1. The van der Waals surface area contributed by atoms with E-state index in [0.717, 1.165) is 0 Å². The van der Waals surface area contributed by atoms with Gasteiger partial charge in [-0.3, -0.25) is 9.59 Å². The van der Waals surface area contributed by atoms with Gasteiger partial charge in [0.15, 0.2) is 0 Å². The van der Waals surface area contributed by atoms with E-state index in [0.29, 0.717) is 0 Å². The van der Waals surface area contributed by atoms with Gasteiger partial charge in [-0.05, 0) is 27.7 Å². The molecule has 0 spiro atoms. The number of nitrogens with one attached hydrogen (secondary N) is 2. The standard InChI is InChI=1S/C10H20N2O3/c1-7(2)12-8(13)5-6-11-9(14)10(3,4)15/h7,15H,5-6H2,1-4H3,(H,11,14)(H,12,13). The molecule has 0 aliphatic rings. The minimum atomic E-state index is -1.39. The van der Waals surface area contributed by atoms with Crippen molar-refractivity contribution in [1.29, 1.82) is 0 Å². The van der Waals surface area contributed by atoms with Crippen molar-refractivity contribution in [2.24, 2.45) is 0 Å². The van der Waals surface area contributed by atoms with E-state index in [-0.39, 0.29) is 24.9 Å². The Morgan fingerprint density at radius 2 is 1.87 bits per heavy atom. The highest BCUT2D eigenvalue weighted by atomic mass is 16.3. The first-order valence-corrected chi connectivity index (χ1v) is 5.03. The molecule has 0 saturated carbocycles. The van der Waals surface area contributed by atoms with Crippen LogP contribution in [0, 0.1) is 0 Å². The lowest BCUT2D eigenvalue weighted by Gasteiger charge is -2.16. The Kier molecular flexibility index (Phi) is 5.28. The third kappa shape index (κ3) is 6.90. The van der Waals surface area contributed by atoms with Gasteiger partial charge in [-0.25, -0.2) is 0 Å². The molecule has 0 bridgehead atoms. The Labute approximate surface area is 90.2 Å². The molecule has 0 radical (unpaired) electrons. The van der Waals surface area contributed by atoms with Gasteiger partial charge < -0.3 is 15.7 Å². The summed E-state index contributed by atoms with van der Waals surface area (Å²) < 4.78 is 0. The Morgan fingerprint density at radius 3 is 2.27 bits per heavy atom. The van der Waals surface area contributed by atoms with Gasteiger partial charge in [0.1, 0.15) is 5.60 Å². The summed E-state index contributed by atoms with van der Waals surface area (Å²) in [5.74, 6) is -0.583. The zero-order chi connectivity index (χ0) is 12.1. The molecule has 0 aliphatic carbocycles. The first kappa shape index (κ1) is 13.9. The Morgan fingerprint density at radius 1 is 1.33 bits per heavy atom. The third-order valence-corrected chi connectivity index (χ3v) is 1.64. The summed E-state index contributed by atoms with van der Waals surface area (Å²) in [6.07, 6.45) is 0.222. The fraction of sp³-hybridized carbons (Fsp3) is 0.800. The second kappa shape index (κ2) is 5.70. The minimum Gasteiger partial charge on any atom is -0.381 e. The van der Waals surface area contributed by atoms with Crippen molar-refractivity contribution in [2.45, 2.75) is 45.8 Å². The van der Waals surface area contributed by atoms with Crippen LogP contribution in [0.2, 0.25) is 0 Å². The molecule has 0 aromatic heterocycles. The van der Waals surface area contributed by atoms with Crippen molar-refractivity contribution in [3.8, 4) is 0 Å². The monoisotopic (exact) mass is 216 g/mol. The van der Waals surface area contributed by atoms with Crippen LogP contribution in [-0.2, 0) is 9.59 Å². The van der Waals surface area contributed by atoms with E-state index < -0.39 is 11.5 Å². The van der Waals surface area contributed by atoms with Gasteiger partial charge in [-0.1, -0.05) is 0 Å². The van der Waals surface area contributed by atoms with Crippen LogP contribution in [0.15, 0.2) is 0 Å². The third-order valence-electron chi connectivity index (χ3n) is 1.64. The van der Waals surface area contributed by atoms with Crippen LogP contribution in [-0.4, -0.2) is 35.1 Å². The van der Waals surface area contributed by atoms with Gasteiger partial charge in [0.25, 0.3) is 5.91 Å². The molecule has 2 amide bonds. The van der Waals surface area contributed by atoms with Crippen molar-refractivity contribution in [2.75, 3.05) is 6.54 Å². The van der Waals surface area contributed by atoms with Crippen molar-refractivity contribution in [1.82, 2.24) is 10.6 Å². The number of carbonyl (C=O) groups excluding carboxylic acids is 2. The molecule has 0 heterocycles. The zero-order valence-electron chi connectivity index (χ0n) is 9.76. The van der Waals surface area contributed by atoms with Crippen molar-refractivity contribution >= 4 is 11.8 Å². The van der Waals surface area contributed by atoms with Gasteiger partial charge in [0.05, 0.1) is 0 Å². The van der Waals surface area contributed by atoms with Crippen LogP contribution in [0.3, 0.4) is 0 Å². The number of carbonyl (C=O) groups is 2. The summed E-state index contributed by atoms with van der Waals surface area (Å²) in [5.41, 5.74) is -1.39. The lowest BCUT2D eigenvalue weighted by molar-refractivity contribution is -0.136. The molecule has 88 valence electrons. The molecule has 5 heteroatoms. The Hall–Kier alpha value is -1.10. The first-order chi connectivity index (χ1) is 6.73. The Balaban J connectivity index is 3.72. The highest BCUT2D eigenvalue weighted by Crippen LogP contribution is 1.99. The molecule has 0 rings (SSSR count). The molecule has 0 aliphatic heterocycles. The first-order valence-electron chi connectivity index (χ1n) is 5.03. The normalized spacial score (nSPS) is 11.3. The molecule has 0 saturated heterocycles. The molecule has 0 aromatic carbocycles. The number of rotatable bonds is 5. The van der Waals surface area contributed by atoms with Gasteiger partial charge in [-0.2, -0.15) is 0 Å². The highest BCUT2D eigenvalue weighted by molar-refractivity contribution is 5.84. The van der Waals surface area contributed by atoms with Crippen LogP contribution in [0.4, 0.5) is 0 Å². The second-order valence-electron chi connectivity index (χ2n) is 4.29. The van der Waals surface area contributed by atoms with Gasteiger partial charge in [0.2, 0.25) is 5.91 Å². The molecular weight excluding hydrogens is 196 g/mol. The summed E-state index contributed by atoms with van der Waals surface area (Å²) in [6, 6.07) is 0.0995. The summed E-state index contributed by atoms with van der Waals surface area (Å²) in [6.45, 7) is 6.77. The van der Waals surface area contributed by atoms with Gasteiger partial charge >= 0.3 is 0 Å². The largest absolute Gasteiger partial charge is 0.381 e. The molecule has 3 N–H and O–H groups in total. The SMILES string of the molecule is CC(C)NC(=O)CCNC(=O)C(C)(C)O. The van der Waals surface area contributed by atoms with E-state index in [9.17, 15) is 14.7 Å². The minimum absolute atomic E-state index is 0.0995.